The van der Waals surface area contributed by atoms with E-state index in [2.05, 4.69) is 4.98 Å². The molecule has 1 heterocycles. The van der Waals surface area contributed by atoms with Crippen molar-refractivity contribution in [2.45, 2.75) is 26.8 Å². The summed E-state index contributed by atoms with van der Waals surface area (Å²) >= 11 is 0. The molecule has 2 rings (SSSR count). The number of aromatic nitrogens is 1. The van der Waals surface area contributed by atoms with E-state index in [9.17, 15) is 9.18 Å². The zero-order chi connectivity index (χ0) is 17.0. The van der Waals surface area contributed by atoms with Gasteiger partial charge in [-0.05, 0) is 31.5 Å². The SMILES string of the molecule is COc1c(C)cnc(CN(C)C(=O)Cc2ccc(F)cc2)c1C. The van der Waals surface area contributed by atoms with E-state index < -0.39 is 0 Å². The fraction of sp³-hybridized carbons (Fsp3) is 0.333. The minimum Gasteiger partial charge on any atom is -0.496 e. The van der Waals surface area contributed by atoms with Crippen molar-refractivity contribution in [2.24, 2.45) is 0 Å². The summed E-state index contributed by atoms with van der Waals surface area (Å²) in [6.07, 6.45) is 1.98. The highest BCUT2D eigenvalue weighted by Gasteiger charge is 2.15. The van der Waals surface area contributed by atoms with Crippen molar-refractivity contribution in [1.82, 2.24) is 9.88 Å². The van der Waals surface area contributed by atoms with Gasteiger partial charge in [-0.3, -0.25) is 9.78 Å². The van der Waals surface area contributed by atoms with E-state index >= 15 is 0 Å². The Hall–Kier alpha value is -2.43. The minimum atomic E-state index is -0.305. The molecule has 0 bridgehead atoms. The van der Waals surface area contributed by atoms with E-state index in [1.807, 2.05) is 13.8 Å². The van der Waals surface area contributed by atoms with Crippen LogP contribution in [0.15, 0.2) is 30.5 Å². The van der Waals surface area contributed by atoms with Crippen LogP contribution in [-0.4, -0.2) is 29.9 Å². The minimum absolute atomic E-state index is 0.0441. The van der Waals surface area contributed by atoms with Crippen LogP contribution in [0.5, 0.6) is 5.75 Å². The Bertz CT molecular complexity index is 699. The molecular weight excluding hydrogens is 295 g/mol. The zero-order valence-electron chi connectivity index (χ0n) is 13.9. The highest BCUT2D eigenvalue weighted by Crippen LogP contribution is 2.24. The zero-order valence-corrected chi connectivity index (χ0v) is 13.9. The van der Waals surface area contributed by atoms with Gasteiger partial charge in [-0.15, -0.1) is 0 Å². The van der Waals surface area contributed by atoms with Gasteiger partial charge in [0.05, 0.1) is 25.8 Å². The van der Waals surface area contributed by atoms with Crippen molar-refractivity contribution in [3.05, 3.63) is 58.7 Å². The Morgan fingerprint density at radius 2 is 1.91 bits per heavy atom. The maximum absolute atomic E-state index is 12.9. The summed E-state index contributed by atoms with van der Waals surface area (Å²) in [7, 11) is 3.36. The fourth-order valence-electron chi connectivity index (χ4n) is 2.46. The van der Waals surface area contributed by atoms with Crippen LogP contribution in [0.2, 0.25) is 0 Å². The molecule has 0 unspecified atom stereocenters. The molecule has 1 aromatic heterocycles. The maximum atomic E-state index is 12.9. The number of rotatable bonds is 5. The molecule has 0 atom stereocenters. The third-order valence-electron chi connectivity index (χ3n) is 3.83. The molecule has 2 aromatic rings. The van der Waals surface area contributed by atoms with Gasteiger partial charge in [0.15, 0.2) is 0 Å². The van der Waals surface area contributed by atoms with E-state index in [1.165, 1.54) is 12.1 Å². The summed E-state index contributed by atoms with van der Waals surface area (Å²) in [6.45, 7) is 4.28. The normalized spacial score (nSPS) is 10.5. The first-order valence-corrected chi connectivity index (χ1v) is 7.40. The lowest BCUT2D eigenvalue weighted by Gasteiger charge is -2.19. The summed E-state index contributed by atoms with van der Waals surface area (Å²) in [6, 6.07) is 5.97. The van der Waals surface area contributed by atoms with Gasteiger partial charge in [0.2, 0.25) is 5.91 Å². The van der Waals surface area contributed by atoms with Crippen molar-refractivity contribution in [3.63, 3.8) is 0 Å². The standard InChI is InChI=1S/C18H21FN2O2/c1-12-10-20-16(13(2)18(12)23-4)11-21(3)17(22)9-14-5-7-15(19)8-6-14/h5-8,10H,9,11H2,1-4H3. The van der Waals surface area contributed by atoms with Gasteiger partial charge in [0.1, 0.15) is 11.6 Å². The lowest BCUT2D eigenvalue weighted by molar-refractivity contribution is -0.129. The van der Waals surface area contributed by atoms with Crippen LogP contribution in [0.3, 0.4) is 0 Å². The Morgan fingerprint density at radius 3 is 2.52 bits per heavy atom. The van der Waals surface area contributed by atoms with Crippen LogP contribution in [0.4, 0.5) is 4.39 Å². The Balaban J connectivity index is 2.08. The highest BCUT2D eigenvalue weighted by molar-refractivity contribution is 5.78. The first-order valence-electron chi connectivity index (χ1n) is 7.40. The molecule has 0 fully saturated rings. The molecule has 0 spiro atoms. The largest absolute Gasteiger partial charge is 0.496 e. The average Bonchev–Trinajstić information content (AvgIpc) is 2.52. The molecule has 5 heteroatoms. The van der Waals surface area contributed by atoms with E-state index in [0.717, 1.165) is 28.1 Å². The van der Waals surface area contributed by atoms with Gasteiger partial charge < -0.3 is 9.64 Å². The van der Waals surface area contributed by atoms with Crippen molar-refractivity contribution >= 4 is 5.91 Å². The summed E-state index contributed by atoms with van der Waals surface area (Å²) in [4.78, 5) is 18.3. The molecule has 1 aromatic carbocycles. The number of benzene rings is 1. The number of nitrogens with zero attached hydrogens (tertiary/aromatic N) is 2. The second kappa shape index (κ2) is 7.22. The van der Waals surface area contributed by atoms with Gasteiger partial charge >= 0.3 is 0 Å². The maximum Gasteiger partial charge on any atom is 0.227 e. The quantitative estimate of drug-likeness (QED) is 0.851. The van der Waals surface area contributed by atoms with Crippen LogP contribution in [-0.2, 0) is 17.8 Å². The number of amides is 1. The van der Waals surface area contributed by atoms with E-state index in [1.54, 1.807) is 37.4 Å². The first kappa shape index (κ1) is 16.9. The number of carbonyl (C=O) groups is 1. The summed E-state index contributed by atoms with van der Waals surface area (Å²) < 4.78 is 18.3. The molecule has 1 amide bonds. The van der Waals surface area contributed by atoms with E-state index in [4.69, 9.17) is 4.74 Å². The van der Waals surface area contributed by atoms with Gasteiger partial charge in [-0.25, -0.2) is 4.39 Å². The molecule has 0 N–H and O–H groups in total. The van der Waals surface area contributed by atoms with Crippen molar-refractivity contribution in [1.29, 1.82) is 0 Å². The van der Waals surface area contributed by atoms with Crippen LogP contribution >= 0.6 is 0 Å². The monoisotopic (exact) mass is 316 g/mol. The molecule has 0 saturated heterocycles. The highest BCUT2D eigenvalue weighted by atomic mass is 19.1. The first-order chi connectivity index (χ1) is 10.9. The summed E-state index contributed by atoms with van der Waals surface area (Å²) in [5.41, 5.74) is 3.50. The molecule has 4 nitrogen and oxygen atoms in total. The van der Waals surface area contributed by atoms with Crippen LogP contribution in [0.25, 0.3) is 0 Å². The molecular formula is C18H21FN2O2. The molecule has 0 saturated carbocycles. The third kappa shape index (κ3) is 4.06. The topological polar surface area (TPSA) is 42.4 Å². The second-order valence-electron chi connectivity index (χ2n) is 5.60. The van der Waals surface area contributed by atoms with Crippen LogP contribution in [0.1, 0.15) is 22.4 Å². The lowest BCUT2D eigenvalue weighted by atomic mass is 10.1. The number of hydrogen-bond acceptors (Lipinski definition) is 3. The van der Waals surface area contributed by atoms with Gasteiger partial charge in [0, 0.05) is 24.4 Å². The molecule has 0 aliphatic rings. The van der Waals surface area contributed by atoms with Gasteiger partial charge in [-0.1, -0.05) is 12.1 Å². The number of aryl methyl sites for hydroxylation is 1. The van der Waals surface area contributed by atoms with E-state index in [-0.39, 0.29) is 18.1 Å². The van der Waals surface area contributed by atoms with Crippen LogP contribution in [0, 0.1) is 19.7 Å². The lowest BCUT2D eigenvalue weighted by Crippen LogP contribution is -2.28. The van der Waals surface area contributed by atoms with Crippen LogP contribution < -0.4 is 4.74 Å². The average molecular weight is 316 g/mol. The summed E-state index contributed by atoms with van der Waals surface area (Å²) in [5.74, 6) is 0.452. The van der Waals surface area contributed by atoms with Gasteiger partial charge in [0.25, 0.3) is 0 Å². The predicted molar refractivity (Wildman–Crippen MR) is 86.8 cm³/mol. The Labute approximate surface area is 135 Å². The number of hydrogen-bond donors (Lipinski definition) is 0. The Morgan fingerprint density at radius 1 is 1.26 bits per heavy atom. The number of carbonyl (C=O) groups excluding carboxylic acids is 1. The Kier molecular flexibility index (Phi) is 5.32. The number of halogens is 1. The fourth-order valence-corrected chi connectivity index (χ4v) is 2.46. The molecule has 23 heavy (non-hydrogen) atoms. The third-order valence-corrected chi connectivity index (χ3v) is 3.83. The van der Waals surface area contributed by atoms with Crippen molar-refractivity contribution < 1.29 is 13.9 Å². The second-order valence-corrected chi connectivity index (χ2v) is 5.60. The number of ether oxygens (including phenoxy) is 1. The van der Waals surface area contributed by atoms with Crippen molar-refractivity contribution in [3.8, 4) is 5.75 Å². The smallest absolute Gasteiger partial charge is 0.227 e. The molecule has 0 aliphatic carbocycles. The molecule has 122 valence electrons. The van der Waals surface area contributed by atoms with Gasteiger partial charge in [-0.2, -0.15) is 0 Å². The van der Waals surface area contributed by atoms with E-state index in [0.29, 0.717) is 6.54 Å². The molecule has 0 aliphatic heterocycles. The number of likely N-dealkylation sites (N-methyl/N-ethyl adjacent to an activating group) is 1. The van der Waals surface area contributed by atoms with Crippen molar-refractivity contribution in [2.75, 3.05) is 14.2 Å². The molecule has 0 radical (unpaired) electrons. The predicted octanol–water partition coefficient (Wildman–Crippen LogP) is 3.05. The number of pyridine rings is 1. The summed E-state index contributed by atoms with van der Waals surface area (Å²) in [5, 5.41) is 0. The number of methoxy groups -OCH3 is 1.